The molecule has 0 aliphatic rings. The number of aromatic nitrogens is 1. The predicted octanol–water partition coefficient (Wildman–Crippen LogP) is 2.88. The Hall–Kier alpha value is -3.29. The van der Waals surface area contributed by atoms with Crippen LogP contribution in [0.25, 0.3) is 0 Å². The second-order valence-corrected chi connectivity index (χ2v) is 5.66. The molecule has 8 heteroatoms. The van der Waals surface area contributed by atoms with Gasteiger partial charge in [0.25, 0.3) is 0 Å². The van der Waals surface area contributed by atoms with E-state index in [2.05, 4.69) is 4.98 Å². The molecule has 2 aromatic rings. The summed E-state index contributed by atoms with van der Waals surface area (Å²) >= 11 is 0. The van der Waals surface area contributed by atoms with Crippen molar-refractivity contribution >= 4 is 11.9 Å². The van der Waals surface area contributed by atoms with Gasteiger partial charge in [-0.3, -0.25) is 4.98 Å². The van der Waals surface area contributed by atoms with E-state index >= 15 is 0 Å². The van der Waals surface area contributed by atoms with E-state index in [0.717, 1.165) is 0 Å². The molecule has 0 amide bonds. The molecule has 1 aromatic heterocycles. The molecule has 0 radical (unpaired) electrons. The zero-order valence-electron chi connectivity index (χ0n) is 16.5. The fourth-order valence-corrected chi connectivity index (χ4v) is 2.58. The average Bonchev–Trinajstić information content (AvgIpc) is 2.71. The van der Waals surface area contributed by atoms with Crippen LogP contribution in [-0.2, 0) is 14.3 Å². The monoisotopic (exact) mass is 389 g/mol. The Morgan fingerprint density at radius 3 is 2.21 bits per heavy atom. The van der Waals surface area contributed by atoms with Crippen LogP contribution in [0.4, 0.5) is 0 Å². The minimum absolute atomic E-state index is 0.123. The van der Waals surface area contributed by atoms with Gasteiger partial charge in [0, 0.05) is 6.20 Å². The highest BCUT2D eigenvalue weighted by atomic mass is 16.6. The van der Waals surface area contributed by atoms with E-state index in [4.69, 9.17) is 23.7 Å². The number of nitrogens with zero attached hydrogens (tertiary/aromatic N) is 1. The van der Waals surface area contributed by atoms with E-state index in [0.29, 0.717) is 17.0 Å². The topological polar surface area (TPSA) is 93.2 Å². The van der Waals surface area contributed by atoms with E-state index in [-0.39, 0.29) is 23.7 Å². The summed E-state index contributed by atoms with van der Waals surface area (Å²) in [6.45, 7) is 3.58. The predicted molar refractivity (Wildman–Crippen MR) is 99.9 cm³/mol. The molecule has 28 heavy (non-hydrogen) atoms. The molecule has 0 saturated heterocycles. The Kier molecular flexibility index (Phi) is 7.20. The van der Waals surface area contributed by atoms with E-state index in [1.807, 2.05) is 0 Å². The number of aryl methyl sites for hydroxylation is 1. The summed E-state index contributed by atoms with van der Waals surface area (Å²) in [7, 11) is 4.33. The summed E-state index contributed by atoms with van der Waals surface area (Å²) in [4.78, 5) is 29.4. The summed E-state index contributed by atoms with van der Waals surface area (Å²) in [5.74, 6) is -0.553. The first-order valence-electron chi connectivity index (χ1n) is 8.55. The smallest absolute Gasteiger partial charge is 0.353 e. The van der Waals surface area contributed by atoms with Crippen LogP contribution in [0.3, 0.4) is 0 Å². The van der Waals surface area contributed by atoms with E-state index in [1.54, 1.807) is 26.0 Å². The molecule has 0 unspecified atom stereocenters. The van der Waals surface area contributed by atoms with Crippen LogP contribution < -0.4 is 14.2 Å². The molecular weight excluding hydrogens is 366 g/mol. The van der Waals surface area contributed by atoms with Crippen molar-refractivity contribution in [2.45, 2.75) is 20.0 Å². The quantitative estimate of drug-likeness (QED) is 0.636. The molecule has 0 spiro atoms. The number of ether oxygens (including phenoxy) is 5. The number of hydrogen-bond acceptors (Lipinski definition) is 8. The third kappa shape index (κ3) is 4.51. The van der Waals surface area contributed by atoms with Crippen LogP contribution in [-0.4, -0.2) is 44.9 Å². The zero-order valence-corrected chi connectivity index (χ0v) is 16.5. The van der Waals surface area contributed by atoms with Crippen molar-refractivity contribution in [1.29, 1.82) is 0 Å². The standard InChI is InChI=1S/C20H23NO7/c1-6-27-20(23)18(16-12(2)8-7-9-21-16)28-19(22)13-10-14(24-3)17(26-5)15(11-13)25-4/h7-11,18H,6H2,1-5H3/t18-/m1/s1. The fourth-order valence-electron chi connectivity index (χ4n) is 2.58. The summed E-state index contributed by atoms with van der Waals surface area (Å²) in [6.07, 6.45) is 0.217. The van der Waals surface area contributed by atoms with Gasteiger partial charge in [-0.15, -0.1) is 0 Å². The molecule has 0 N–H and O–H groups in total. The third-order valence-corrected chi connectivity index (χ3v) is 3.92. The van der Waals surface area contributed by atoms with Gasteiger partial charge in [-0.2, -0.15) is 0 Å². The van der Waals surface area contributed by atoms with Crippen molar-refractivity contribution in [3.63, 3.8) is 0 Å². The van der Waals surface area contributed by atoms with Crippen molar-refractivity contribution in [3.8, 4) is 17.2 Å². The minimum atomic E-state index is -1.30. The lowest BCUT2D eigenvalue weighted by Gasteiger charge is -2.18. The maximum atomic E-state index is 12.8. The van der Waals surface area contributed by atoms with Crippen molar-refractivity contribution < 1.29 is 33.3 Å². The number of rotatable bonds is 8. The van der Waals surface area contributed by atoms with Gasteiger partial charge in [-0.1, -0.05) is 6.07 Å². The van der Waals surface area contributed by atoms with Gasteiger partial charge in [-0.25, -0.2) is 9.59 Å². The first-order chi connectivity index (χ1) is 13.5. The van der Waals surface area contributed by atoms with E-state index in [1.165, 1.54) is 39.7 Å². The van der Waals surface area contributed by atoms with Crippen LogP contribution in [0.1, 0.15) is 34.6 Å². The zero-order chi connectivity index (χ0) is 20.7. The molecule has 0 fully saturated rings. The Labute approximate surface area is 163 Å². The number of methoxy groups -OCH3 is 3. The van der Waals surface area contributed by atoms with Crippen molar-refractivity contribution in [1.82, 2.24) is 4.98 Å². The van der Waals surface area contributed by atoms with Gasteiger partial charge in [0.2, 0.25) is 11.9 Å². The van der Waals surface area contributed by atoms with Gasteiger partial charge in [0.05, 0.1) is 39.2 Å². The highest BCUT2D eigenvalue weighted by molar-refractivity contribution is 5.93. The number of carbonyl (C=O) groups is 2. The van der Waals surface area contributed by atoms with Crippen molar-refractivity contribution in [2.75, 3.05) is 27.9 Å². The number of pyridine rings is 1. The van der Waals surface area contributed by atoms with E-state index in [9.17, 15) is 9.59 Å². The maximum absolute atomic E-state index is 12.8. The second-order valence-electron chi connectivity index (χ2n) is 5.66. The summed E-state index contributed by atoms with van der Waals surface area (Å²) in [5, 5.41) is 0. The maximum Gasteiger partial charge on any atom is 0.353 e. The average molecular weight is 389 g/mol. The Bertz CT molecular complexity index is 825. The van der Waals surface area contributed by atoms with Crippen molar-refractivity contribution in [2.24, 2.45) is 0 Å². The number of benzene rings is 1. The first kappa shape index (κ1) is 21.0. The molecule has 1 heterocycles. The van der Waals surface area contributed by atoms with Crippen LogP contribution in [0.2, 0.25) is 0 Å². The Morgan fingerprint density at radius 2 is 1.71 bits per heavy atom. The molecule has 2 rings (SSSR count). The van der Waals surface area contributed by atoms with Crippen LogP contribution in [0.5, 0.6) is 17.2 Å². The summed E-state index contributed by atoms with van der Waals surface area (Å²) < 4.78 is 26.3. The van der Waals surface area contributed by atoms with Crippen molar-refractivity contribution in [3.05, 3.63) is 47.3 Å². The van der Waals surface area contributed by atoms with Gasteiger partial charge >= 0.3 is 11.9 Å². The van der Waals surface area contributed by atoms with Gasteiger partial charge in [0.15, 0.2) is 11.5 Å². The summed E-state index contributed by atoms with van der Waals surface area (Å²) in [6, 6.07) is 6.37. The lowest BCUT2D eigenvalue weighted by atomic mass is 10.1. The largest absolute Gasteiger partial charge is 0.493 e. The molecule has 1 atom stereocenters. The van der Waals surface area contributed by atoms with Gasteiger partial charge in [-0.05, 0) is 37.6 Å². The summed E-state index contributed by atoms with van der Waals surface area (Å²) in [5.41, 5.74) is 1.12. The van der Waals surface area contributed by atoms with E-state index < -0.39 is 18.0 Å². The molecule has 0 bridgehead atoms. The number of carbonyl (C=O) groups excluding carboxylic acids is 2. The lowest BCUT2D eigenvalue weighted by Crippen LogP contribution is -2.24. The Morgan fingerprint density at radius 1 is 1.07 bits per heavy atom. The van der Waals surface area contributed by atoms with Crippen LogP contribution in [0.15, 0.2) is 30.5 Å². The third-order valence-electron chi connectivity index (χ3n) is 3.92. The first-order valence-corrected chi connectivity index (χ1v) is 8.55. The van der Waals surface area contributed by atoms with Crippen LogP contribution >= 0.6 is 0 Å². The van der Waals surface area contributed by atoms with Gasteiger partial charge in [0.1, 0.15) is 0 Å². The molecule has 8 nitrogen and oxygen atoms in total. The number of esters is 2. The molecular formula is C20H23NO7. The molecule has 0 aliphatic carbocycles. The molecule has 1 aromatic carbocycles. The molecule has 0 aliphatic heterocycles. The van der Waals surface area contributed by atoms with Gasteiger partial charge < -0.3 is 23.7 Å². The minimum Gasteiger partial charge on any atom is -0.493 e. The molecule has 150 valence electrons. The lowest BCUT2D eigenvalue weighted by molar-refractivity contribution is -0.154. The molecule has 0 saturated carbocycles. The normalized spacial score (nSPS) is 11.3. The fraction of sp³-hybridized carbons (Fsp3) is 0.350. The number of hydrogen-bond donors (Lipinski definition) is 0. The Balaban J connectivity index is 2.41. The highest BCUT2D eigenvalue weighted by Crippen LogP contribution is 2.38. The SMILES string of the molecule is CCOC(=O)[C@H](OC(=O)c1cc(OC)c(OC)c(OC)c1)c1ncccc1C. The highest BCUT2D eigenvalue weighted by Gasteiger charge is 2.30. The second kappa shape index (κ2) is 9.59. The van der Waals surface area contributed by atoms with Crippen LogP contribution in [0, 0.1) is 6.92 Å².